The fourth-order valence-electron chi connectivity index (χ4n) is 3.59. The zero-order valence-electron chi connectivity index (χ0n) is 15.8. The van der Waals surface area contributed by atoms with E-state index in [1.807, 2.05) is 34.0 Å². The minimum Gasteiger partial charge on any atom is -0.355 e. The van der Waals surface area contributed by atoms with Crippen molar-refractivity contribution in [3.63, 3.8) is 0 Å². The first-order valence-electron chi connectivity index (χ1n) is 9.59. The lowest BCUT2D eigenvalue weighted by Gasteiger charge is -2.34. The molecule has 0 bridgehead atoms. The molecule has 4 rings (SSSR count). The first-order valence-corrected chi connectivity index (χ1v) is 9.59. The van der Waals surface area contributed by atoms with E-state index in [-0.39, 0.29) is 6.04 Å². The van der Waals surface area contributed by atoms with Gasteiger partial charge in [-0.15, -0.1) is 0 Å². The van der Waals surface area contributed by atoms with Gasteiger partial charge in [-0.25, -0.2) is 9.67 Å². The molecule has 152 valence electrons. The molecule has 1 N–H and O–H groups in total. The molecule has 0 spiro atoms. The number of benzene rings is 1. The predicted octanol–water partition coefficient (Wildman–Crippen LogP) is 4.04. The number of nitrogens with zero attached hydrogens (tertiary/aromatic N) is 4. The number of pyridine rings is 1. The highest BCUT2D eigenvalue weighted by Gasteiger charge is 2.31. The third kappa shape index (κ3) is 4.76. The predicted molar refractivity (Wildman–Crippen MR) is 105 cm³/mol. The third-order valence-electron chi connectivity index (χ3n) is 5.09. The molecule has 29 heavy (non-hydrogen) atoms. The van der Waals surface area contributed by atoms with Crippen molar-refractivity contribution in [2.24, 2.45) is 0 Å². The summed E-state index contributed by atoms with van der Waals surface area (Å²) in [6.07, 6.45) is 2.19. The van der Waals surface area contributed by atoms with Crippen LogP contribution < -0.4 is 10.2 Å². The van der Waals surface area contributed by atoms with Gasteiger partial charge in [0.15, 0.2) is 0 Å². The molecule has 0 amide bonds. The van der Waals surface area contributed by atoms with E-state index in [2.05, 4.69) is 27.5 Å². The molecule has 1 atom stereocenters. The van der Waals surface area contributed by atoms with Crippen molar-refractivity contribution < 1.29 is 13.2 Å². The van der Waals surface area contributed by atoms with Crippen LogP contribution in [0.4, 0.5) is 19.0 Å². The maximum absolute atomic E-state index is 12.7. The highest BCUT2D eigenvalue weighted by molar-refractivity contribution is 5.41. The van der Waals surface area contributed by atoms with Crippen LogP contribution in [0.15, 0.2) is 61.1 Å². The van der Waals surface area contributed by atoms with Crippen LogP contribution >= 0.6 is 0 Å². The minimum absolute atomic E-state index is 0.251. The number of hydrogen-bond donors (Lipinski definition) is 1. The minimum atomic E-state index is -4.36. The van der Waals surface area contributed by atoms with Crippen LogP contribution in [0.25, 0.3) is 5.69 Å². The zero-order valence-corrected chi connectivity index (χ0v) is 15.8. The number of piperidine rings is 1. The number of rotatable bonds is 5. The highest BCUT2D eigenvalue weighted by atomic mass is 19.4. The summed E-state index contributed by atoms with van der Waals surface area (Å²) >= 11 is 0. The van der Waals surface area contributed by atoms with Crippen LogP contribution in [-0.4, -0.2) is 33.9 Å². The maximum atomic E-state index is 12.7. The molecular weight excluding hydrogens is 379 g/mol. The number of halogens is 3. The van der Waals surface area contributed by atoms with Gasteiger partial charge < -0.3 is 10.2 Å². The molecule has 0 saturated carbocycles. The Bertz CT molecular complexity index is 922. The van der Waals surface area contributed by atoms with E-state index in [4.69, 9.17) is 0 Å². The van der Waals surface area contributed by atoms with Gasteiger partial charge in [0.25, 0.3) is 0 Å². The quantitative estimate of drug-likeness (QED) is 0.701. The van der Waals surface area contributed by atoms with Gasteiger partial charge in [-0.2, -0.15) is 18.3 Å². The molecule has 8 heteroatoms. The van der Waals surface area contributed by atoms with Gasteiger partial charge in [0.05, 0.1) is 11.3 Å². The third-order valence-corrected chi connectivity index (χ3v) is 5.09. The highest BCUT2D eigenvalue weighted by Crippen LogP contribution is 2.29. The van der Waals surface area contributed by atoms with Crippen LogP contribution in [0.1, 0.15) is 24.0 Å². The van der Waals surface area contributed by atoms with Gasteiger partial charge in [0.2, 0.25) is 0 Å². The van der Waals surface area contributed by atoms with Crippen LogP contribution in [0.2, 0.25) is 0 Å². The van der Waals surface area contributed by atoms with Crippen LogP contribution in [-0.2, 0) is 12.7 Å². The zero-order chi connectivity index (χ0) is 20.3. The van der Waals surface area contributed by atoms with E-state index in [0.29, 0.717) is 12.4 Å². The van der Waals surface area contributed by atoms with E-state index in [1.54, 1.807) is 6.20 Å². The molecular formula is C21H22F3N5. The van der Waals surface area contributed by atoms with Gasteiger partial charge >= 0.3 is 6.18 Å². The molecule has 3 aromatic rings. The van der Waals surface area contributed by atoms with Gasteiger partial charge in [-0.05, 0) is 48.7 Å². The molecule has 1 aliphatic rings. The normalized spacial score (nSPS) is 17.5. The van der Waals surface area contributed by atoms with Crippen molar-refractivity contribution in [2.75, 3.05) is 18.0 Å². The summed E-state index contributed by atoms with van der Waals surface area (Å²) in [5, 5.41) is 7.82. The largest absolute Gasteiger partial charge is 0.417 e. The summed E-state index contributed by atoms with van der Waals surface area (Å²) in [5.41, 5.74) is 1.45. The van der Waals surface area contributed by atoms with E-state index in [1.165, 1.54) is 6.07 Å². The van der Waals surface area contributed by atoms with Gasteiger partial charge in [-0.1, -0.05) is 12.1 Å². The Hall–Kier alpha value is -2.87. The smallest absolute Gasteiger partial charge is 0.355 e. The average molecular weight is 401 g/mol. The number of nitrogens with one attached hydrogen (secondary N) is 1. The van der Waals surface area contributed by atoms with Crippen molar-refractivity contribution in [3.05, 3.63) is 72.2 Å². The molecule has 1 saturated heterocycles. The molecule has 1 unspecified atom stereocenters. The van der Waals surface area contributed by atoms with Crippen molar-refractivity contribution in [1.29, 1.82) is 0 Å². The molecule has 1 aliphatic heterocycles. The van der Waals surface area contributed by atoms with Crippen molar-refractivity contribution in [3.8, 4) is 5.69 Å². The molecule has 5 nitrogen and oxygen atoms in total. The SMILES string of the molecule is FC(F)(F)c1ccc(N2CCCC(NCc3cccc(-n4cccn4)c3)C2)nc1. The van der Waals surface area contributed by atoms with Crippen molar-refractivity contribution in [1.82, 2.24) is 20.1 Å². The lowest BCUT2D eigenvalue weighted by atomic mass is 10.0. The molecule has 0 radical (unpaired) electrons. The second kappa shape index (κ2) is 8.24. The molecule has 3 heterocycles. The van der Waals surface area contributed by atoms with Crippen molar-refractivity contribution >= 4 is 5.82 Å². The standard InChI is InChI=1S/C21H22F3N5/c22-21(23,24)17-7-8-20(26-14-17)28-10-2-5-18(15-28)25-13-16-4-1-6-19(12-16)29-11-3-9-27-29/h1,3-4,6-9,11-12,14,18,25H,2,5,10,13,15H2. The summed E-state index contributed by atoms with van der Waals surface area (Å²) < 4.78 is 40.0. The van der Waals surface area contributed by atoms with Gasteiger partial charge in [0, 0.05) is 44.3 Å². The molecule has 2 aromatic heterocycles. The average Bonchev–Trinajstić information content (AvgIpc) is 3.27. The summed E-state index contributed by atoms with van der Waals surface area (Å²) in [7, 11) is 0. The molecule has 1 fully saturated rings. The van der Waals surface area contributed by atoms with E-state index >= 15 is 0 Å². The first kappa shape index (κ1) is 19.4. The Labute approximate surface area is 167 Å². The number of hydrogen-bond acceptors (Lipinski definition) is 4. The van der Waals surface area contributed by atoms with E-state index in [0.717, 1.165) is 49.4 Å². The van der Waals surface area contributed by atoms with Gasteiger partial charge in [0.1, 0.15) is 5.82 Å². The number of alkyl halides is 3. The Balaban J connectivity index is 1.36. The lowest BCUT2D eigenvalue weighted by Crippen LogP contribution is -2.45. The fourth-order valence-corrected chi connectivity index (χ4v) is 3.59. The van der Waals surface area contributed by atoms with Gasteiger partial charge in [-0.3, -0.25) is 0 Å². The van der Waals surface area contributed by atoms with E-state index in [9.17, 15) is 13.2 Å². The summed E-state index contributed by atoms with van der Waals surface area (Å²) in [5.74, 6) is 0.588. The van der Waals surface area contributed by atoms with Crippen LogP contribution in [0, 0.1) is 0 Å². The summed E-state index contributed by atoms with van der Waals surface area (Å²) in [6, 6.07) is 12.9. The second-order valence-electron chi connectivity index (χ2n) is 7.19. The van der Waals surface area contributed by atoms with Crippen molar-refractivity contribution in [2.45, 2.75) is 31.6 Å². The second-order valence-corrected chi connectivity index (χ2v) is 7.19. The number of aromatic nitrogens is 3. The Morgan fingerprint density at radius 2 is 2.03 bits per heavy atom. The summed E-state index contributed by atoms with van der Waals surface area (Å²) in [4.78, 5) is 6.07. The summed E-state index contributed by atoms with van der Waals surface area (Å²) in [6.45, 7) is 2.23. The molecule has 0 aliphatic carbocycles. The Kier molecular flexibility index (Phi) is 5.53. The Morgan fingerprint density at radius 3 is 2.76 bits per heavy atom. The monoisotopic (exact) mass is 401 g/mol. The lowest BCUT2D eigenvalue weighted by molar-refractivity contribution is -0.137. The van der Waals surface area contributed by atoms with Crippen LogP contribution in [0.5, 0.6) is 0 Å². The van der Waals surface area contributed by atoms with Crippen LogP contribution in [0.3, 0.4) is 0 Å². The first-order chi connectivity index (χ1) is 14.0. The van der Waals surface area contributed by atoms with E-state index < -0.39 is 11.7 Å². The number of anilines is 1. The fraction of sp³-hybridized carbons (Fsp3) is 0.333. The topological polar surface area (TPSA) is 46.0 Å². The maximum Gasteiger partial charge on any atom is 0.417 e. The Morgan fingerprint density at radius 1 is 1.14 bits per heavy atom. The molecule has 1 aromatic carbocycles.